The SMILES string of the molecule is Cn1nnnc1-c1cccc(Nc2ncc3nnn(-c4cccc(F)c4)c3n2)c1. The molecule has 0 atom stereocenters. The van der Waals surface area contributed by atoms with Crippen LogP contribution in [-0.4, -0.2) is 45.2 Å². The number of benzene rings is 2. The smallest absolute Gasteiger partial charge is 0.229 e. The molecule has 0 fully saturated rings. The minimum atomic E-state index is -0.367. The normalized spacial score (nSPS) is 11.1. The monoisotopic (exact) mass is 388 g/mol. The lowest BCUT2D eigenvalue weighted by Crippen LogP contribution is -2.02. The summed E-state index contributed by atoms with van der Waals surface area (Å²) in [6.07, 6.45) is 1.56. The van der Waals surface area contributed by atoms with Crippen LogP contribution < -0.4 is 5.32 Å². The van der Waals surface area contributed by atoms with Crippen LogP contribution in [0.15, 0.2) is 54.7 Å². The molecule has 11 heteroatoms. The van der Waals surface area contributed by atoms with Crippen LogP contribution in [-0.2, 0) is 7.05 Å². The number of hydrogen-bond donors (Lipinski definition) is 1. The number of aromatic nitrogens is 9. The number of tetrazole rings is 1. The van der Waals surface area contributed by atoms with Gasteiger partial charge in [-0.15, -0.1) is 10.2 Å². The molecule has 5 aromatic rings. The van der Waals surface area contributed by atoms with Gasteiger partial charge < -0.3 is 5.32 Å². The Morgan fingerprint density at radius 2 is 1.90 bits per heavy atom. The Morgan fingerprint density at radius 1 is 1.00 bits per heavy atom. The summed E-state index contributed by atoms with van der Waals surface area (Å²) in [5.41, 5.74) is 3.08. The Hall–Kier alpha value is -4.28. The van der Waals surface area contributed by atoms with Gasteiger partial charge in [-0.25, -0.2) is 14.1 Å². The van der Waals surface area contributed by atoms with E-state index in [0.29, 0.717) is 28.6 Å². The van der Waals surface area contributed by atoms with Crippen LogP contribution in [0.25, 0.3) is 28.2 Å². The average molecular weight is 388 g/mol. The number of hydrogen-bond acceptors (Lipinski definition) is 8. The van der Waals surface area contributed by atoms with Gasteiger partial charge in [-0.3, -0.25) is 0 Å². The van der Waals surface area contributed by atoms with Crippen molar-refractivity contribution < 1.29 is 4.39 Å². The van der Waals surface area contributed by atoms with Gasteiger partial charge in [-0.1, -0.05) is 23.4 Å². The van der Waals surface area contributed by atoms with E-state index in [1.165, 1.54) is 16.8 Å². The molecule has 142 valence electrons. The van der Waals surface area contributed by atoms with E-state index in [4.69, 9.17) is 0 Å². The Kier molecular flexibility index (Phi) is 3.90. The first-order chi connectivity index (χ1) is 14.2. The van der Waals surface area contributed by atoms with Gasteiger partial charge in [0.15, 0.2) is 17.0 Å². The molecule has 0 spiro atoms. The summed E-state index contributed by atoms with van der Waals surface area (Å²) in [5, 5.41) is 22.8. The molecule has 0 bridgehead atoms. The quantitative estimate of drug-likeness (QED) is 0.499. The summed E-state index contributed by atoms with van der Waals surface area (Å²) < 4.78 is 16.6. The molecular formula is C18H13FN10. The molecule has 0 saturated carbocycles. The van der Waals surface area contributed by atoms with E-state index in [1.54, 1.807) is 30.1 Å². The zero-order valence-corrected chi connectivity index (χ0v) is 15.1. The van der Waals surface area contributed by atoms with E-state index in [2.05, 4.69) is 41.1 Å². The van der Waals surface area contributed by atoms with Gasteiger partial charge in [-0.2, -0.15) is 9.67 Å². The van der Waals surface area contributed by atoms with E-state index in [9.17, 15) is 4.39 Å². The molecule has 0 amide bonds. The summed E-state index contributed by atoms with van der Waals surface area (Å²) in [6.45, 7) is 0. The van der Waals surface area contributed by atoms with Gasteiger partial charge in [0.05, 0.1) is 11.9 Å². The molecule has 3 aromatic heterocycles. The van der Waals surface area contributed by atoms with Gasteiger partial charge in [0.25, 0.3) is 0 Å². The summed E-state index contributed by atoms with van der Waals surface area (Å²) in [6, 6.07) is 13.6. The third-order valence-corrected chi connectivity index (χ3v) is 4.24. The first kappa shape index (κ1) is 16.9. The van der Waals surface area contributed by atoms with Gasteiger partial charge >= 0.3 is 0 Å². The van der Waals surface area contributed by atoms with Crippen LogP contribution in [0.1, 0.15) is 0 Å². The molecule has 2 aromatic carbocycles. The minimum absolute atomic E-state index is 0.352. The Morgan fingerprint density at radius 3 is 2.72 bits per heavy atom. The van der Waals surface area contributed by atoms with Crippen LogP contribution in [0.2, 0.25) is 0 Å². The largest absolute Gasteiger partial charge is 0.324 e. The van der Waals surface area contributed by atoms with Crippen molar-refractivity contribution in [3.8, 4) is 17.1 Å². The molecule has 5 rings (SSSR count). The van der Waals surface area contributed by atoms with E-state index in [1.807, 2.05) is 24.3 Å². The number of anilines is 2. The van der Waals surface area contributed by atoms with E-state index in [-0.39, 0.29) is 5.82 Å². The fraction of sp³-hybridized carbons (Fsp3) is 0.0556. The maximum Gasteiger partial charge on any atom is 0.229 e. The lowest BCUT2D eigenvalue weighted by Gasteiger charge is -2.07. The average Bonchev–Trinajstić information content (AvgIpc) is 3.34. The zero-order chi connectivity index (χ0) is 19.8. The fourth-order valence-corrected chi connectivity index (χ4v) is 2.91. The number of aryl methyl sites for hydroxylation is 1. The Bertz CT molecular complexity index is 1330. The van der Waals surface area contributed by atoms with Gasteiger partial charge in [0.1, 0.15) is 5.82 Å². The van der Waals surface area contributed by atoms with Gasteiger partial charge in [0.2, 0.25) is 5.95 Å². The van der Waals surface area contributed by atoms with Crippen molar-refractivity contribution in [2.75, 3.05) is 5.32 Å². The predicted octanol–water partition coefficient (Wildman–Crippen LogP) is 2.28. The number of nitrogens with zero attached hydrogens (tertiary/aromatic N) is 9. The first-order valence-electron chi connectivity index (χ1n) is 8.61. The van der Waals surface area contributed by atoms with E-state index >= 15 is 0 Å². The van der Waals surface area contributed by atoms with Crippen molar-refractivity contribution >= 4 is 22.8 Å². The van der Waals surface area contributed by atoms with Crippen LogP contribution in [0.5, 0.6) is 0 Å². The molecule has 0 aliphatic carbocycles. The molecule has 0 aliphatic rings. The summed E-state index contributed by atoms with van der Waals surface area (Å²) >= 11 is 0. The topological polar surface area (TPSA) is 112 Å². The highest BCUT2D eigenvalue weighted by Crippen LogP contribution is 2.22. The van der Waals surface area contributed by atoms with Gasteiger partial charge in [0, 0.05) is 18.3 Å². The third kappa shape index (κ3) is 3.14. The maximum atomic E-state index is 13.6. The second-order valence-electron chi connectivity index (χ2n) is 6.22. The molecule has 29 heavy (non-hydrogen) atoms. The summed E-state index contributed by atoms with van der Waals surface area (Å²) in [7, 11) is 1.77. The molecule has 0 aliphatic heterocycles. The highest BCUT2D eigenvalue weighted by Gasteiger charge is 2.12. The van der Waals surface area contributed by atoms with Crippen LogP contribution in [0.4, 0.5) is 16.0 Å². The number of halogens is 1. The van der Waals surface area contributed by atoms with Crippen LogP contribution in [0, 0.1) is 5.82 Å². The van der Waals surface area contributed by atoms with E-state index < -0.39 is 0 Å². The van der Waals surface area contributed by atoms with Crippen molar-refractivity contribution in [3.63, 3.8) is 0 Å². The third-order valence-electron chi connectivity index (χ3n) is 4.24. The molecule has 3 heterocycles. The van der Waals surface area contributed by atoms with E-state index in [0.717, 1.165) is 11.3 Å². The van der Waals surface area contributed by atoms with Crippen molar-refractivity contribution in [2.24, 2.45) is 7.05 Å². The second kappa shape index (κ2) is 6.71. The highest BCUT2D eigenvalue weighted by atomic mass is 19.1. The van der Waals surface area contributed by atoms with Crippen molar-refractivity contribution in [1.29, 1.82) is 0 Å². The molecule has 0 saturated heterocycles. The molecular weight excluding hydrogens is 375 g/mol. The first-order valence-corrected chi connectivity index (χ1v) is 8.61. The zero-order valence-electron chi connectivity index (χ0n) is 15.1. The Labute approximate surface area is 163 Å². The van der Waals surface area contributed by atoms with Crippen LogP contribution in [0.3, 0.4) is 0 Å². The van der Waals surface area contributed by atoms with Crippen molar-refractivity contribution in [3.05, 3.63) is 60.5 Å². The highest BCUT2D eigenvalue weighted by molar-refractivity contribution is 5.73. The van der Waals surface area contributed by atoms with Crippen molar-refractivity contribution in [1.82, 2.24) is 45.2 Å². The lowest BCUT2D eigenvalue weighted by atomic mass is 10.2. The number of nitrogens with one attached hydrogen (secondary N) is 1. The molecule has 1 N–H and O–H groups in total. The number of fused-ring (bicyclic) bond motifs is 1. The lowest BCUT2D eigenvalue weighted by molar-refractivity contribution is 0.625. The number of rotatable bonds is 4. The molecule has 0 unspecified atom stereocenters. The standard InChI is InChI=1S/C18H13FN10/c1-28-16(24-25-27-28)11-4-2-6-13(8-11)21-18-20-10-15-17(22-18)29(26-23-15)14-7-3-5-12(19)9-14/h2-10H,1H3,(H,20,21,22). The van der Waals surface area contributed by atoms with Crippen molar-refractivity contribution in [2.45, 2.75) is 0 Å². The van der Waals surface area contributed by atoms with Gasteiger partial charge in [-0.05, 0) is 40.8 Å². The summed E-state index contributed by atoms with van der Waals surface area (Å²) in [4.78, 5) is 8.77. The minimum Gasteiger partial charge on any atom is -0.324 e. The second-order valence-corrected chi connectivity index (χ2v) is 6.22. The fourth-order valence-electron chi connectivity index (χ4n) is 2.91. The Balaban J connectivity index is 1.50. The summed E-state index contributed by atoms with van der Waals surface area (Å²) in [5.74, 6) is 0.623. The predicted molar refractivity (Wildman–Crippen MR) is 102 cm³/mol. The molecule has 0 radical (unpaired) electrons. The molecule has 10 nitrogen and oxygen atoms in total. The van der Waals surface area contributed by atoms with Crippen LogP contribution >= 0.6 is 0 Å². The maximum absolute atomic E-state index is 13.6.